The van der Waals surface area contributed by atoms with Crippen LogP contribution in [0.25, 0.3) is 0 Å². The van der Waals surface area contributed by atoms with Crippen LogP contribution in [-0.4, -0.2) is 18.9 Å². The number of hydrogen-bond acceptors (Lipinski definition) is 1. The molecule has 60 valence electrons. The molecule has 0 saturated carbocycles. The molecule has 0 radical (unpaired) electrons. The van der Waals surface area contributed by atoms with Gasteiger partial charge in [-0.15, -0.1) is 0 Å². The summed E-state index contributed by atoms with van der Waals surface area (Å²) in [5.41, 5.74) is 0. The summed E-state index contributed by atoms with van der Waals surface area (Å²) in [5, 5.41) is 0. The Labute approximate surface area is 61.6 Å². The lowest BCUT2D eigenvalue weighted by Crippen LogP contribution is -2.23. The molecule has 0 bridgehead atoms. The molecule has 0 aromatic rings. The van der Waals surface area contributed by atoms with Crippen LogP contribution in [0, 0.1) is 5.92 Å². The highest BCUT2D eigenvalue weighted by atomic mass is 19.1. The lowest BCUT2D eigenvalue weighted by atomic mass is 9.98. The molecule has 1 fully saturated rings. The van der Waals surface area contributed by atoms with E-state index in [-0.39, 0.29) is 12.0 Å². The van der Waals surface area contributed by atoms with E-state index in [2.05, 4.69) is 0 Å². The van der Waals surface area contributed by atoms with E-state index >= 15 is 0 Å². The van der Waals surface area contributed by atoms with Gasteiger partial charge in [-0.1, -0.05) is 6.92 Å². The van der Waals surface area contributed by atoms with Gasteiger partial charge < -0.3 is 4.74 Å². The second-order valence-electron chi connectivity index (χ2n) is 3.09. The van der Waals surface area contributed by atoms with Crippen LogP contribution in [0.2, 0.25) is 0 Å². The van der Waals surface area contributed by atoms with Gasteiger partial charge in [-0.25, -0.2) is 4.39 Å². The molecular weight excluding hydrogens is 131 g/mol. The van der Waals surface area contributed by atoms with Crippen molar-refractivity contribution in [2.45, 2.75) is 39.0 Å². The SMILES string of the molecule is CC(F)C(C)C1CCCO1. The molecule has 1 heterocycles. The summed E-state index contributed by atoms with van der Waals surface area (Å²) >= 11 is 0. The van der Waals surface area contributed by atoms with Gasteiger partial charge in [0, 0.05) is 12.5 Å². The third-order valence-corrected chi connectivity index (χ3v) is 2.28. The summed E-state index contributed by atoms with van der Waals surface area (Å²) in [6.45, 7) is 4.34. The fraction of sp³-hybridized carbons (Fsp3) is 1.00. The Morgan fingerprint density at radius 1 is 1.50 bits per heavy atom. The molecule has 0 amide bonds. The molecule has 0 aromatic heterocycles. The van der Waals surface area contributed by atoms with E-state index in [0.717, 1.165) is 19.4 Å². The van der Waals surface area contributed by atoms with Gasteiger partial charge in [-0.3, -0.25) is 0 Å². The number of hydrogen-bond donors (Lipinski definition) is 0. The van der Waals surface area contributed by atoms with Crippen molar-refractivity contribution in [1.29, 1.82) is 0 Å². The molecule has 1 rings (SSSR count). The van der Waals surface area contributed by atoms with Crippen LogP contribution in [0.4, 0.5) is 4.39 Å². The Hall–Kier alpha value is -0.110. The number of halogens is 1. The molecule has 1 aliphatic rings. The number of ether oxygens (including phenoxy) is 1. The van der Waals surface area contributed by atoms with Gasteiger partial charge in [-0.05, 0) is 19.8 Å². The molecule has 0 aliphatic carbocycles. The lowest BCUT2D eigenvalue weighted by molar-refractivity contribution is 0.0393. The molecule has 3 atom stereocenters. The largest absolute Gasteiger partial charge is 0.378 e. The van der Waals surface area contributed by atoms with E-state index in [4.69, 9.17) is 4.74 Å². The van der Waals surface area contributed by atoms with Gasteiger partial charge in [0.25, 0.3) is 0 Å². The molecule has 1 nitrogen and oxygen atoms in total. The minimum atomic E-state index is -0.733. The maximum Gasteiger partial charge on any atom is 0.102 e. The summed E-state index contributed by atoms with van der Waals surface area (Å²) in [6.07, 6.45) is 1.58. The van der Waals surface area contributed by atoms with Crippen LogP contribution >= 0.6 is 0 Å². The molecule has 10 heavy (non-hydrogen) atoms. The highest BCUT2D eigenvalue weighted by Crippen LogP contribution is 2.23. The summed E-state index contributed by atoms with van der Waals surface area (Å²) < 4.78 is 18.0. The molecule has 0 aromatic carbocycles. The van der Waals surface area contributed by atoms with Gasteiger partial charge in [0.2, 0.25) is 0 Å². The van der Waals surface area contributed by atoms with Crippen molar-refractivity contribution in [2.75, 3.05) is 6.61 Å². The predicted molar refractivity (Wildman–Crippen MR) is 38.7 cm³/mol. The van der Waals surface area contributed by atoms with E-state index < -0.39 is 6.17 Å². The Morgan fingerprint density at radius 2 is 2.20 bits per heavy atom. The second-order valence-corrected chi connectivity index (χ2v) is 3.09. The molecule has 0 spiro atoms. The van der Waals surface area contributed by atoms with E-state index in [9.17, 15) is 4.39 Å². The monoisotopic (exact) mass is 146 g/mol. The molecule has 1 saturated heterocycles. The zero-order chi connectivity index (χ0) is 7.56. The van der Waals surface area contributed by atoms with E-state index in [1.807, 2.05) is 6.92 Å². The van der Waals surface area contributed by atoms with Crippen LogP contribution in [-0.2, 0) is 4.74 Å². The van der Waals surface area contributed by atoms with Gasteiger partial charge in [0.15, 0.2) is 0 Å². The zero-order valence-corrected chi connectivity index (χ0v) is 6.64. The van der Waals surface area contributed by atoms with Crippen molar-refractivity contribution in [1.82, 2.24) is 0 Å². The first-order valence-corrected chi connectivity index (χ1v) is 3.97. The molecule has 3 unspecified atom stereocenters. The second kappa shape index (κ2) is 3.33. The smallest absolute Gasteiger partial charge is 0.102 e. The Balaban J connectivity index is 2.32. The fourth-order valence-corrected chi connectivity index (χ4v) is 1.31. The van der Waals surface area contributed by atoms with Gasteiger partial charge in [0.05, 0.1) is 6.10 Å². The van der Waals surface area contributed by atoms with E-state index in [1.54, 1.807) is 6.92 Å². The van der Waals surface area contributed by atoms with E-state index in [1.165, 1.54) is 0 Å². The fourth-order valence-electron chi connectivity index (χ4n) is 1.31. The number of alkyl halides is 1. The highest BCUT2D eigenvalue weighted by molar-refractivity contribution is 4.74. The predicted octanol–water partition coefficient (Wildman–Crippen LogP) is 2.16. The van der Waals surface area contributed by atoms with Crippen LogP contribution in [0.3, 0.4) is 0 Å². The minimum absolute atomic E-state index is 0.0718. The summed E-state index contributed by atoms with van der Waals surface area (Å²) in [4.78, 5) is 0. The summed E-state index contributed by atoms with van der Waals surface area (Å²) in [7, 11) is 0. The quantitative estimate of drug-likeness (QED) is 0.580. The standard InChI is InChI=1S/C8H15FO/c1-6(7(2)9)8-4-3-5-10-8/h6-8H,3-5H2,1-2H3. The summed E-state index contributed by atoms with van der Waals surface area (Å²) in [6, 6.07) is 0. The first kappa shape index (κ1) is 7.99. The molecule has 2 heteroatoms. The Kier molecular flexibility index (Phi) is 2.66. The van der Waals surface area contributed by atoms with Gasteiger partial charge in [0.1, 0.15) is 6.17 Å². The van der Waals surface area contributed by atoms with Crippen LogP contribution in [0.5, 0.6) is 0 Å². The molecular formula is C8H15FO. The first-order chi connectivity index (χ1) is 4.72. The van der Waals surface area contributed by atoms with Crippen molar-refractivity contribution in [3.63, 3.8) is 0 Å². The van der Waals surface area contributed by atoms with Crippen molar-refractivity contribution in [3.05, 3.63) is 0 Å². The Morgan fingerprint density at radius 3 is 2.60 bits per heavy atom. The maximum absolute atomic E-state index is 12.7. The molecule has 1 aliphatic heterocycles. The average molecular weight is 146 g/mol. The van der Waals surface area contributed by atoms with E-state index in [0.29, 0.717) is 0 Å². The third-order valence-electron chi connectivity index (χ3n) is 2.28. The third kappa shape index (κ3) is 1.69. The first-order valence-electron chi connectivity index (χ1n) is 3.97. The lowest BCUT2D eigenvalue weighted by Gasteiger charge is -2.19. The number of rotatable bonds is 2. The molecule has 0 N–H and O–H groups in total. The van der Waals surface area contributed by atoms with Gasteiger partial charge >= 0.3 is 0 Å². The van der Waals surface area contributed by atoms with Crippen molar-refractivity contribution < 1.29 is 9.13 Å². The van der Waals surface area contributed by atoms with Crippen LogP contribution in [0.1, 0.15) is 26.7 Å². The maximum atomic E-state index is 12.7. The average Bonchev–Trinajstić information content (AvgIpc) is 2.36. The van der Waals surface area contributed by atoms with Gasteiger partial charge in [-0.2, -0.15) is 0 Å². The minimum Gasteiger partial charge on any atom is -0.378 e. The topological polar surface area (TPSA) is 9.23 Å². The Bertz CT molecular complexity index is 97.4. The van der Waals surface area contributed by atoms with Crippen molar-refractivity contribution >= 4 is 0 Å². The summed E-state index contributed by atoms with van der Waals surface area (Å²) in [5.74, 6) is 0.0718. The van der Waals surface area contributed by atoms with Crippen LogP contribution in [0.15, 0.2) is 0 Å². The normalized spacial score (nSPS) is 32.1. The van der Waals surface area contributed by atoms with Crippen molar-refractivity contribution in [3.8, 4) is 0 Å². The van der Waals surface area contributed by atoms with Crippen LogP contribution < -0.4 is 0 Å². The highest BCUT2D eigenvalue weighted by Gasteiger charge is 2.26. The van der Waals surface area contributed by atoms with Crippen molar-refractivity contribution in [2.24, 2.45) is 5.92 Å². The zero-order valence-electron chi connectivity index (χ0n) is 6.64.